The number of carbonyl (C=O) groups excluding carboxylic acids is 1. The van der Waals surface area contributed by atoms with E-state index in [9.17, 15) is 4.79 Å². The molecule has 1 N–H and O–H groups in total. The summed E-state index contributed by atoms with van der Waals surface area (Å²) in [7, 11) is 2.20. The van der Waals surface area contributed by atoms with Gasteiger partial charge in [0.25, 0.3) is 0 Å². The van der Waals surface area contributed by atoms with Crippen LogP contribution in [0.3, 0.4) is 0 Å². The summed E-state index contributed by atoms with van der Waals surface area (Å²) < 4.78 is 0. The van der Waals surface area contributed by atoms with Crippen molar-refractivity contribution in [2.45, 2.75) is 38.6 Å². The van der Waals surface area contributed by atoms with E-state index in [2.05, 4.69) is 22.2 Å². The monoisotopic (exact) mass is 253 g/mol. The molecule has 0 bridgehead atoms. The van der Waals surface area contributed by atoms with E-state index < -0.39 is 0 Å². The van der Waals surface area contributed by atoms with Crippen LogP contribution in [-0.4, -0.2) is 61.5 Å². The third-order valence-corrected chi connectivity index (χ3v) is 4.37. The van der Waals surface area contributed by atoms with Crippen molar-refractivity contribution in [2.24, 2.45) is 5.92 Å². The third kappa shape index (κ3) is 4.25. The first-order valence-electron chi connectivity index (χ1n) is 7.31. The van der Waals surface area contributed by atoms with Crippen molar-refractivity contribution in [1.29, 1.82) is 0 Å². The Morgan fingerprint density at radius 3 is 2.28 bits per heavy atom. The summed E-state index contributed by atoms with van der Waals surface area (Å²) in [6.45, 7) is 7.75. The highest BCUT2D eigenvalue weighted by molar-refractivity contribution is 5.73. The Morgan fingerprint density at radius 1 is 1.11 bits per heavy atom. The van der Waals surface area contributed by atoms with Crippen molar-refractivity contribution < 1.29 is 4.79 Å². The van der Waals surface area contributed by atoms with Gasteiger partial charge in [-0.1, -0.05) is 0 Å². The Labute approximate surface area is 111 Å². The van der Waals surface area contributed by atoms with E-state index in [1.165, 1.54) is 45.6 Å². The molecular weight excluding hydrogens is 226 g/mol. The predicted molar refractivity (Wildman–Crippen MR) is 73.5 cm³/mol. The van der Waals surface area contributed by atoms with E-state index in [1.54, 1.807) is 6.92 Å². The molecule has 1 saturated carbocycles. The van der Waals surface area contributed by atoms with Gasteiger partial charge < -0.3 is 15.1 Å². The van der Waals surface area contributed by atoms with Crippen LogP contribution in [0.25, 0.3) is 0 Å². The lowest BCUT2D eigenvalue weighted by Crippen LogP contribution is -2.47. The lowest BCUT2D eigenvalue weighted by Gasteiger charge is -2.37. The van der Waals surface area contributed by atoms with Crippen LogP contribution in [-0.2, 0) is 4.79 Å². The van der Waals surface area contributed by atoms with Crippen molar-refractivity contribution in [1.82, 2.24) is 15.1 Å². The highest BCUT2D eigenvalue weighted by Crippen LogP contribution is 2.25. The van der Waals surface area contributed by atoms with E-state index in [4.69, 9.17) is 0 Å². The molecule has 1 aliphatic carbocycles. The van der Waals surface area contributed by atoms with Gasteiger partial charge >= 0.3 is 0 Å². The quantitative estimate of drug-likeness (QED) is 0.813. The molecule has 104 valence electrons. The summed E-state index contributed by atoms with van der Waals surface area (Å²) in [6, 6.07) is 0.436. The molecule has 2 aliphatic rings. The highest BCUT2D eigenvalue weighted by Gasteiger charge is 2.24. The fourth-order valence-electron chi connectivity index (χ4n) is 3.17. The summed E-state index contributed by atoms with van der Waals surface area (Å²) in [5.41, 5.74) is 0. The molecule has 0 spiro atoms. The lowest BCUT2D eigenvalue weighted by atomic mass is 9.85. The molecule has 0 aromatic heterocycles. The van der Waals surface area contributed by atoms with Gasteiger partial charge in [0, 0.05) is 45.7 Å². The molecule has 4 heteroatoms. The minimum absolute atomic E-state index is 0.123. The number of piperazine rings is 1. The minimum Gasteiger partial charge on any atom is -0.354 e. The van der Waals surface area contributed by atoms with Gasteiger partial charge in [-0.25, -0.2) is 0 Å². The number of rotatable bonds is 3. The smallest absolute Gasteiger partial charge is 0.217 e. The molecule has 0 radical (unpaired) electrons. The Balaban J connectivity index is 1.65. The maximum atomic E-state index is 11.0. The Hall–Kier alpha value is -0.610. The standard InChI is InChI=1S/C14H27N3O/c1-12(18)15-14-5-3-13(4-6-14)11-17-9-7-16(2)8-10-17/h13-14H,3-11H2,1-2H3,(H,15,18). The van der Waals surface area contributed by atoms with E-state index in [0.717, 1.165) is 18.8 Å². The van der Waals surface area contributed by atoms with Crippen LogP contribution in [0.2, 0.25) is 0 Å². The lowest BCUT2D eigenvalue weighted by molar-refractivity contribution is -0.119. The molecule has 0 aromatic carbocycles. The van der Waals surface area contributed by atoms with Crippen molar-refractivity contribution >= 4 is 5.91 Å². The zero-order chi connectivity index (χ0) is 13.0. The van der Waals surface area contributed by atoms with E-state index in [-0.39, 0.29) is 5.91 Å². The predicted octanol–water partition coefficient (Wildman–Crippen LogP) is 0.929. The number of nitrogens with one attached hydrogen (secondary N) is 1. The molecule has 2 rings (SSSR count). The Morgan fingerprint density at radius 2 is 1.72 bits per heavy atom. The molecule has 1 saturated heterocycles. The van der Waals surface area contributed by atoms with Gasteiger partial charge in [-0.05, 0) is 38.6 Å². The van der Waals surface area contributed by atoms with Crippen molar-refractivity contribution in [3.05, 3.63) is 0 Å². The van der Waals surface area contributed by atoms with Crippen molar-refractivity contribution in [3.8, 4) is 0 Å². The third-order valence-electron chi connectivity index (χ3n) is 4.37. The molecule has 1 aliphatic heterocycles. The Bertz CT molecular complexity index is 266. The largest absolute Gasteiger partial charge is 0.354 e. The van der Waals surface area contributed by atoms with Crippen LogP contribution in [0, 0.1) is 5.92 Å². The van der Waals surface area contributed by atoms with E-state index >= 15 is 0 Å². The van der Waals surface area contributed by atoms with Crippen LogP contribution in [0.5, 0.6) is 0 Å². The minimum atomic E-state index is 0.123. The molecule has 1 heterocycles. The van der Waals surface area contributed by atoms with Crippen LogP contribution in [0.15, 0.2) is 0 Å². The molecule has 0 atom stereocenters. The van der Waals surface area contributed by atoms with Gasteiger partial charge in [-0.3, -0.25) is 4.79 Å². The second kappa shape index (κ2) is 6.53. The summed E-state index contributed by atoms with van der Waals surface area (Å²) in [4.78, 5) is 16.0. The Kier molecular flexibility index (Phi) is 5.01. The number of hydrogen-bond acceptors (Lipinski definition) is 3. The van der Waals surface area contributed by atoms with Gasteiger partial charge in [-0.15, -0.1) is 0 Å². The van der Waals surface area contributed by atoms with Crippen LogP contribution < -0.4 is 5.32 Å². The topological polar surface area (TPSA) is 35.6 Å². The first-order chi connectivity index (χ1) is 8.63. The summed E-state index contributed by atoms with van der Waals surface area (Å²) in [5.74, 6) is 0.968. The fourth-order valence-corrected chi connectivity index (χ4v) is 3.17. The number of hydrogen-bond donors (Lipinski definition) is 1. The van der Waals surface area contributed by atoms with Gasteiger partial charge in [-0.2, -0.15) is 0 Å². The number of nitrogens with zero attached hydrogens (tertiary/aromatic N) is 2. The average molecular weight is 253 g/mol. The van der Waals surface area contributed by atoms with Gasteiger partial charge in [0.2, 0.25) is 5.91 Å². The second-order valence-corrected chi connectivity index (χ2v) is 6.02. The van der Waals surface area contributed by atoms with Gasteiger partial charge in [0.15, 0.2) is 0 Å². The van der Waals surface area contributed by atoms with Gasteiger partial charge in [0.1, 0.15) is 0 Å². The molecule has 0 unspecified atom stereocenters. The first kappa shape index (κ1) is 13.8. The van der Waals surface area contributed by atoms with E-state index in [1.807, 2.05) is 0 Å². The fraction of sp³-hybridized carbons (Fsp3) is 0.929. The van der Waals surface area contributed by atoms with E-state index in [0.29, 0.717) is 6.04 Å². The molecule has 1 amide bonds. The zero-order valence-electron chi connectivity index (χ0n) is 11.8. The number of amides is 1. The molecule has 0 aromatic rings. The van der Waals surface area contributed by atoms with Crippen molar-refractivity contribution in [3.63, 3.8) is 0 Å². The van der Waals surface area contributed by atoms with Crippen LogP contribution in [0.4, 0.5) is 0 Å². The summed E-state index contributed by atoms with van der Waals surface area (Å²) >= 11 is 0. The maximum Gasteiger partial charge on any atom is 0.217 e. The zero-order valence-corrected chi connectivity index (χ0v) is 11.8. The first-order valence-corrected chi connectivity index (χ1v) is 7.31. The summed E-state index contributed by atoms with van der Waals surface area (Å²) in [6.07, 6.45) is 4.88. The van der Waals surface area contributed by atoms with Gasteiger partial charge in [0.05, 0.1) is 0 Å². The molecule has 18 heavy (non-hydrogen) atoms. The summed E-state index contributed by atoms with van der Waals surface area (Å²) in [5, 5.41) is 3.05. The van der Waals surface area contributed by atoms with Crippen LogP contribution >= 0.6 is 0 Å². The average Bonchev–Trinajstić information content (AvgIpc) is 2.34. The normalized spacial score (nSPS) is 31.2. The van der Waals surface area contributed by atoms with Crippen molar-refractivity contribution in [2.75, 3.05) is 39.8 Å². The molecular formula is C14H27N3O. The molecule has 2 fully saturated rings. The number of likely N-dealkylation sites (N-methyl/N-ethyl adjacent to an activating group) is 1. The SMILES string of the molecule is CC(=O)NC1CCC(CN2CCN(C)CC2)CC1. The maximum absolute atomic E-state index is 11.0. The van der Waals surface area contributed by atoms with Crippen LogP contribution in [0.1, 0.15) is 32.6 Å². The highest BCUT2D eigenvalue weighted by atomic mass is 16.1. The number of carbonyl (C=O) groups is 1. The molecule has 4 nitrogen and oxygen atoms in total. The second-order valence-electron chi connectivity index (χ2n) is 6.02.